The van der Waals surface area contributed by atoms with Gasteiger partial charge in [-0.3, -0.25) is 5.10 Å². The number of nitrogens with one attached hydrogen (secondary N) is 1. The highest BCUT2D eigenvalue weighted by atomic mass is 15.4. The van der Waals surface area contributed by atoms with Gasteiger partial charge >= 0.3 is 0 Å². The lowest BCUT2D eigenvalue weighted by Crippen LogP contribution is -2.37. The van der Waals surface area contributed by atoms with Crippen molar-refractivity contribution < 1.29 is 0 Å². The molecule has 0 spiro atoms. The second kappa shape index (κ2) is 5.21. The number of benzene rings is 1. The Morgan fingerprint density at radius 2 is 1.94 bits per heavy atom. The lowest BCUT2D eigenvalue weighted by Gasteiger charge is -2.29. The second-order valence-corrected chi connectivity index (χ2v) is 4.76. The van der Waals surface area contributed by atoms with E-state index < -0.39 is 0 Å². The summed E-state index contributed by atoms with van der Waals surface area (Å²) in [5, 5.41) is 7.29. The van der Waals surface area contributed by atoms with Crippen LogP contribution in [0.15, 0.2) is 30.3 Å². The molecule has 18 heavy (non-hydrogen) atoms. The summed E-state index contributed by atoms with van der Waals surface area (Å²) in [4.78, 5) is 6.73. The number of aromatic nitrogens is 3. The summed E-state index contributed by atoms with van der Waals surface area (Å²) in [7, 11) is 0. The number of H-pyrrole nitrogens is 1. The van der Waals surface area contributed by atoms with Crippen LogP contribution in [0.25, 0.3) is 0 Å². The first-order chi connectivity index (χ1) is 8.92. The van der Waals surface area contributed by atoms with Crippen molar-refractivity contribution >= 4 is 5.95 Å². The van der Waals surface area contributed by atoms with Crippen LogP contribution >= 0.6 is 0 Å². The summed E-state index contributed by atoms with van der Waals surface area (Å²) in [6.45, 7) is 2.20. The normalized spacial score (nSPS) is 14.6. The number of aromatic amines is 1. The smallest absolute Gasteiger partial charge is 0.244 e. The van der Waals surface area contributed by atoms with Crippen LogP contribution in [0.5, 0.6) is 0 Å². The third-order valence-electron chi connectivity index (χ3n) is 3.38. The zero-order valence-corrected chi connectivity index (χ0v) is 10.5. The monoisotopic (exact) mass is 242 g/mol. The highest BCUT2D eigenvalue weighted by Crippen LogP contribution is 2.15. The first-order valence-corrected chi connectivity index (χ1v) is 6.62. The molecule has 4 nitrogen and oxygen atoms in total. The molecule has 0 bridgehead atoms. The van der Waals surface area contributed by atoms with Crippen molar-refractivity contribution in [2.75, 3.05) is 18.0 Å². The van der Waals surface area contributed by atoms with Crippen LogP contribution in [0.1, 0.15) is 24.2 Å². The summed E-state index contributed by atoms with van der Waals surface area (Å²) >= 11 is 0. The van der Waals surface area contributed by atoms with E-state index in [0.717, 1.165) is 44.1 Å². The molecule has 4 heteroatoms. The van der Waals surface area contributed by atoms with Gasteiger partial charge in [0.1, 0.15) is 5.82 Å². The van der Waals surface area contributed by atoms with Gasteiger partial charge in [0, 0.05) is 19.5 Å². The number of hydrogen-bond acceptors (Lipinski definition) is 3. The number of anilines is 1. The van der Waals surface area contributed by atoms with E-state index in [4.69, 9.17) is 0 Å². The molecule has 0 aliphatic carbocycles. The summed E-state index contributed by atoms with van der Waals surface area (Å²) in [5.41, 5.74) is 1.39. The van der Waals surface area contributed by atoms with Crippen molar-refractivity contribution in [3.8, 4) is 0 Å². The zero-order valence-electron chi connectivity index (χ0n) is 10.5. The Balaban J connectivity index is 1.49. The average molecular weight is 242 g/mol. The molecule has 0 atom stereocenters. The third kappa shape index (κ3) is 2.53. The Morgan fingerprint density at radius 1 is 1.11 bits per heavy atom. The maximum Gasteiger partial charge on any atom is 0.244 e. The van der Waals surface area contributed by atoms with E-state index in [9.17, 15) is 0 Å². The fourth-order valence-electron chi connectivity index (χ4n) is 2.16. The number of nitrogens with zero attached hydrogens (tertiary/aromatic N) is 3. The molecular weight excluding hydrogens is 224 g/mol. The summed E-state index contributed by atoms with van der Waals surface area (Å²) in [6.07, 6.45) is 4.44. The van der Waals surface area contributed by atoms with Crippen molar-refractivity contribution in [2.45, 2.75) is 25.7 Å². The number of aryl methyl sites for hydroxylation is 2. The van der Waals surface area contributed by atoms with Gasteiger partial charge in [-0.05, 0) is 24.8 Å². The van der Waals surface area contributed by atoms with Crippen molar-refractivity contribution in [1.82, 2.24) is 15.2 Å². The van der Waals surface area contributed by atoms with Crippen molar-refractivity contribution in [3.05, 3.63) is 41.7 Å². The molecule has 1 saturated heterocycles. The van der Waals surface area contributed by atoms with Crippen molar-refractivity contribution in [1.29, 1.82) is 0 Å². The maximum absolute atomic E-state index is 4.52. The number of hydrogen-bond donors (Lipinski definition) is 1. The molecule has 1 fully saturated rings. The van der Waals surface area contributed by atoms with Gasteiger partial charge in [0.2, 0.25) is 5.95 Å². The van der Waals surface area contributed by atoms with Crippen LogP contribution < -0.4 is 4.90 Å². The fraction of sp³-hybridized carbons (Fsp3) is 0.429. The van der Waals surface area contributed by atoms with Crippen LogP contribution in [0.3, 0.4) is 0 Å². The first kappa shape index (κ1) is 11.3. The molecule has 0 radical (unpaired) electrons. The molecule has 3 rings (SSSR count). The van der Waals surface area contributed by atoms with E-state index in [0.29, 0.717) is 0 Å². The van der Waals surface area contributed by atoms with E-state index in [2.05, 4.69) is 50.4 Å². The molecule has 1 aromatic carbocycles. The average Bonchev–Trinajstić information content (AvgIpc) is 2.77. The summed E-state index contributed by atoms with van der Waals surface area (Å²) in [6, 6.07) is 10.6. The first-order valence-electron chi connectivity index (χ1n) is 6.62. The minimum absolute atomic E-state index is 0.871. The van der Waals surface area contributed by atoms with Crippen molar-refractivity contribution in [2.24, 2.45) is 0 Å². The Morgan fingerprint density at radius 3 is 2.67 bits per heavy atom. The van der Waals surface area contributed by atoms with Crippen LogP contribution in [0.4, 0.5) is 5.95 Å². The molecule has 0 amide bonds. The Labute approximate surface area is 107 Å². The zero-order chi connectivity index (χ0) is 12.2. The SMILES string of the molecule is c1ccc(CCCc2nc(N3CCC3)n[nH]2)cc1. The quantitative estimate of drug-likeness (QED) is 0.874. The van der Waals surface area contributed by atoms with Gasteiger partial charge in [-0.25, -0.2) is 0 Å². The lowest BCUT2D eigenvalue weighted by atomic mass is 10.1. The highest BCUT2D eigenvalue weighted by molar-refractivity contribution is 5.31. The highest BCUT2D eigenvalue weighted by Gasteiger charge is 2.18. The Hall–Kier alpha value is -1.84. The van der Waals surface area contributed by atoms with E-state index in [1.807, 2.05) is 0 Å². The molecule has 1 aliphatic heterocycles. The predicted octanol–water partition coefficient (Wildman–Crippen LogP) is 2.19. The Kier molecular flexibility index (Phi) is 3.26. The minimum atomic E-state index is 0.871. The Bertz CT molecular complexity index is 488. The van der Waals surface area contributed by atoms with Crippen molar-refractivity contribution in [3.63, 3.8) is 0 Å². The van der Waals surface area contributed by atoms with Crippen LogP contribution in [-0.4, -0.2) is 28.3 Å². The molecule has 1 N–H and O–H groups in total. The van der Waals surface area contributed by atoms with Gasteiger partial charge in [-0.15, -0.1) is 5.10 Å². The molecule has 0 saturated carbocycles. The molecule has 1 aromatic heterocycles. The largest absolute Gasteiger partial charge is 0.339 e. The van der Waals surface area contributed by atoms with Crippen LogP contribution in [0, 0.1) is 0 Å². The van der Waals surface area contributed by atoms with Crippen LogP contribution in [-0.2, 0) is 12.8 Å². The van der Waals surface area contributed by atoms with Gasteiger partial charge in [0.25, 0.3) is 0 Å². The summed E-state index contributed by atoms with van der Waals surface area (Å²) in [5.74, 6) is 1.88. The molecule has 2 heterocycles. The van der Waals surface area contributed by atoms with Gasteiger partial charge in [-0.1, -0.05) is 30.3 Å². The number of rotatable bonds is 5. The summed E-state index contributed by atoms with van der Waals surface area (Å²) < 4.78 is 0. The lowest BCUT2D eigenvalue weighted by molar-refractivity contribution is 0.601. The third-order valence-corrected chi connectivity index (χ3v) is 3.38. The van der Waals surface area contributed by atoms with Gasteiger partial charge in [0.05, 0.1) is 0 Å². The van der Waals surface area contributed by atoms with E-state index in [1.54, 1.807) is 0 Å². The molecule has 2 aromatic rings. The van der Waals surface area contributed by atoms with E-state index in [1.165, 1.54) is 12.0 Å². The van der Waals surface area contributed by atoms with Gasteiger partial charge in [0.15, 0.2) is 0 Å². The molecule has 94 valence electrons. The maximum atomic E-state index is 4.52. The minimum Gasteiger partial charge on any atom is -0.339 e. The standard InChI is InChI=1S/C14H18N4/c1-2-6-12(7-3-1)8-4-9-13-15-14(17-16-13)18-10-5-11-18/h1-3,6-7H,4-5,8-11H2,(H,15,16,17). The van der Waals surface area contributed by atoms with E-state index in [-0.39, 0.29) is 0 Å². The predicted molar refractivity (Wildman–Crippen MR) is 71.7 cm³/mol. The van der Waals surface area contributed by atoms with E-state index >= 15 is 0 Å². The van der Waals surface area contributed by atoms with Gasteiger partial charge < -0.3 is 4.90 Å². The molecule has 0 unspecified atom stereocenters. The molecule has 1 aliphatic rings. The molecular formula is C14H18N4. The van der Waals surface area contributed by atoms with Gasteiger partial charge in [-0.2, -0.15) is 4.98 Å². The van der Waals surface area contributed by atoms with Crippen LogP contribution in [0.2, 0.25) is 0 Å². The topological polar surface area (TPSA) is 44.8 Å². The second-order valence-electron chi connectivity index (χ2n) is 4.76. The fourth-order valence-corrected chi connectivity index (χ4v) is 2.16.